The van der Waals surface area contributed by atoms with Crippen LogP contribution >= 0.6 is 0 Å². The fourth-order valence-corrected chi connectivity index (χ4v) is 2.56. The maximum Gasteiger partial charge on any atom is 0.177 e. The van der Waals surface area contributed by atoms with Crippen LogP contribution in [0.3, 0.4) is 0 Å². The molecule has 0 radical (unpaired) electrons. The number of nitrogen functional groups attached to an aromatic ring is 2. The van der Waals surface area contributed by atoms with Crippen molar-refractivity contribution in [2.24, 2.45) is 7.05 Å². The zero-order chi connectivity index (χ0) is 14.6. The van der Waals surface area contributed by atoms with E-state index in [2.05, 4.69) is 15.0 Å². The normalized spacial score (nSPS) is 11.5. The van der Waals surface area contributed by atoms with Crippen molar-refractivity contribution in [3.05, 3.63) is 36.4 Å². The molecule has 5 N–H and O–H groups in total. The minimum absolute atomic E-state index is 0.693. The lowest BCUT2D eigenvalue weighted by Crippen LogP contribution is -1.93. The van der Waals surface area contributed by atoms with Crippen LogP contribution < -0.4 is 11.5 Å². The predicted octanol–water partition coefficient (Wildman–Crippen LogP) is 2.28. The highest BCUT2D eigenvalue weighted by Crippen LogP contribution is 2.25. The molecule has 0 aliphatic heterocycles. The van der Waals surface area contributed by atoms with Crippen LogP contribution in [0.1, 0.15) is 0 Å². The van der Waals surface area contributed by atoms with Gasteiger partial charge in [0.2, 0.25) is 0 Å². The molecule has 104 valence electrons. The fraction of sp³-hybridized carbons (Fsp3) is 0.0667. The van der Waals surface area contributed by atoms with Gasteiger partial charge in [-0.3, -0.25) is 0 Å². The molecule has 0 atom stereocenters. The number of nitrogens with two attached hydrogens (primary N) is 2. The Labute approximate surface area is 120 Å². The smallest absolute Gasteiger partial charge is 0.177 e. The molecule has 6 nitrogen and oxygen atoms in total. The van der Waals surface area contributed by atoms with Crippen molar-refractivity contribution >= 4 is 33.4 Å². The maximum absolute atomic E-state index is 5.81. The monoisotopic (exact) mass is 278 g/mol. The zero-order valence-electron chi connectivity index (χ0n) is 11.5. The van der Waals surface area contributed by atoms with Crippen LogP contribution in [-0.2, 0) is 7.05 Å². The number of anilines is 2. The van der Waals surface area contributed by atoms with Gasteiger partial charge in [-0.1, -0.05) is 0 Å². The summed E-state index contributed by atoms with van der Waals surface area (Å²) >= 11 is 0. The molecule has 0 amide bonds. The highest BCUT2D eigenvalue weighted by Gasteiger charge is 2.13. The van der Waals surface area contributed by atoms with Crippen LogP contribution in [-0.4, -0.2) is 19.5 Å². The summed E-state index contributed by atoms with van der Waals surface area (Å²) in [4.78, 5) is 12.5. The van der Waals surface area contributed by atoms with Crippen LogP contribution in [0.25, 0.3) is 33.7 Å². The van der Waals surface area contributed by atoms with Gasteiger partial charge in [0.25, 0.3) is 0 Å². The van der Waals surface area contributed by atoms with Crippen molar-refractivity contribution in [3.63, 3.8) is 0 Å². The highest BCUT2D eigenvalue weighted by atomic mass is 15.1. The van der Waals surface area contributed by atoms with Gasteiger partial charge in [0.15, 0.2) is 11.6 Å². The first-order valence-corrected chi connectivity index (χ1v) is 6.59. The number of benzene rings is 2. The van der Waals surface area contributed by atoms with Crippen molar-refractivity contribution in [2.75, 3.05) is 11.5 Å². The van der Waals surface area contributed by atoms with Gasteiger partial charge in [-0.05, 0) is 36.4 Å². The standard InChI is InChI=1S/C15H14N6/c1-21-13-5-3-9(17)7-12(13)20-15(21)14-18-10-4-2-8(16)6-11(10)19-14/h2-7H,16-17H2,1H3,(H,18,19). The number of nitrogens with zero attached hydrogens (tertiary/aromatic N) is 3. The molecule has 2 aromatic heterocycles. The van der Waals surface area contributed by atoms with Crippen LogP contribution in [0, 0.1) is 0 Å². The molecular weight excluding hydrogens is 264 g/mol. The van der Waals surface area contributed by atoms with E-state index in [0.717, 1.165) is 27.9 Å². The SMILES string of the molecule is Cn1c(-c2nc3cc(N)ccc3[nH]2)nc2cc(N)ccc21. The van der Waals surface area contributed by atoms with Gasteiger partial charge in [-0.25, -0.2) is 9.97 Å². The summed E-state index contributed by atoms with van der Waals surface area (Å²) in [6.45, 7) is 0. The van der Waals surface area contributed by atoms with Crippen LogP contribution in [0.4, 0.5) is 11.4 Å². The van der Waals surface area contributed by atoms with Gasteiger partial charge < -0.3 is 21.0 Å². The summed E-state index contributed by atoms with van der Waals surface area (Å²) in [5.41, 5.74) is 16.6. The third-order valence-corrected chi connectivity index (χ3v) is 3.62. The Hall–Kier alpha value is -3.02. The Balaban J connectivity index is 1.97. The second-order valence-corrected chi connectivity index (χ2v) is 5.10. The van der Waals surface area contributed by atoms with Crippen molar-refractivity contribution in [3.8, 4) is 11.6 Å². The number of aryl methyl sites for hydroxylation is 1. The summed E-state index contributed by atoms with van der Waals surface area (Å²) in [5.74, 6) is 1.48. The minimum Gasteiger partial charge on any atom is -0.399 e. The Morgan fingerprint density at radius 2 is 1.67 bits per heavy atom. The topological polar surface area (TPSA) is 98.5 Å². The van der Waals surface area contributed by atoms with E-state index in [-0.39, 0.29) is 0 Å². The fourth-order valence-electron chi connectivity index (χ4n) is 2.56. The molecule has 0 saturated heterocycles. The van der Waals surface area contributed by atoms with E-state index < -0.39 is 0 Å². The zero-order valence-corrected chi connectivity index (χ0v) is 11.5. The summed E-state index contributed by atoms with van der Waals surface area (Å²) < 4.78 is 2.00. The largest absolute Gasteiger partial charge is 0.399 e. The minimum atomic E-state index is 0.693. The highest BCUT2D eigenvalue weighted by molar-refractivity contribution is 5.85. The van der Waals surface area contributed by atoms with Gasteiger partial charge in [0, 0.05) is 18.4 Å². The van der Waals surface area contributed by atoms with E-state index >= 15 is 0 Å². The van der Waals surface area contributed by atoms with Crippen molar-refractivity contribution < 1.29 is 0 Å². The quantitative estimate of drug-likeness (QED) is 0.465. The predicted molar refractivity (Wildman–Crippen MR) is 84.6 cm³/mol. The third kappa shape index (κ3) is 1.73. The first-order chi connectivity index (χ1) is 10.1. The lowest BCUT2D eigenvalue weighted by atomic mass is 10.3. The van der Waals surface area contributed by atoms with E-state index in [4.69, 9.17) is 11.5 Å². The summed E-state index contributed by atoms with van der Waals surface area (Å²) in [7, 11) is 1.96. The second-order valence-electron chi connectivity index (χ2n) is 5.10. The van der Waals surface area contributed by atoms with Crippen LogP contribution in [0.15, 0.2) is 36.4 Å². The lowest BCUT2D eigenvalue weighted by molar-refractivity contribution is 0.945. The molecule has 0 aliphatic carbocycles. The number of aromatic nitrogens is 4. The van der Waals surface area contributed by atoms with Crippen LogP contribution in [0.5, 0.6) is 0 Å². The molecule has 0 spiro atoms. The van der Waals surface area contributed by atoms with Gasteiger partial charge >= 0.3 is 0 Å². The third-order valence-electron chi connectivity index (χ3n) is 3.62. The molecule has 0 fully saturated rings. The molecule has 4 aromatic rings. The lowest BCUT2D eigenvalue weighted by Gasteiger charge is -1.98. The summed E-state index contributed by atoms with van der Waals surface area (Å²) in [6, 6.07) is 11.3. The van der Waals surface area contributed by atoms with E-state index in [1.165, 1.54) is 0 Å². The maximum atomic E-state index is 5.81. The van der Waals surface area contributed by atoms with E-state index in [9.17, 15) is 0 Å². The number of aromatic amines is 1. The van der Waals surface area contributed by atoms with E-state index in [1.54, 1.807) is 0 Å². The van der Waals surface area contributed by atoms with Gasteiger partial charge in [0.1, 0.15) is 0 Å². The molecule has 21 heavy (non-hydrogen) atoms. The van der Waals surface area contributed by atoms with Crippen molar-refractivity contribution in [1.29, 1.82) is 0 Å². The second kappa shape index (κ2) is 3.99. The average molecular weight is 278 g/mol. The molecule has 6 heteroatoms. The number of fused-ring (bicyclic) bond motifs is 2. The number of imidazole rings is 2. The molecule has 0 saturated carbocycles. The first kappa shape index (κ1) is 11.8. The average Bonchev–Trinajstić information content (AvgIpc) is 2.99. The molecule has 0 unspecified atom stereocenters. The molecular formula is C15H14N6. The molecule has 2 heterocycles. The molecule has 0 bridgehead atoms. The Morgan fingerprint density at radius 3 is 2.48 bits per heavy atom. The summed E-state index contributed by atoms with van der Waals surface area (Å²) in [6.07, 6.45) is 0. The van der Waals surface area contributed by atoms with Crippen LogP contribution in [0.2, 0.25) is 0 Å². The Bertz CT molecular complexity index is 979. The van der Waals surface area contributed by atoms with Crippen molar-refractivity contribution in [2.45, 2.75) is 0 Å². The van der Waals surface area contributed by atoms with Gasteiger partial charge in [-0.15, -0.1) is 0 Å². The van der Waals surface area contributed by atoms with Gasteiger partial charge in [-0.2, -0.15) is 0 Å². The van der Waals surface area contributed by atoms with Crippen molar-refractivity contribution in [1.82, 2.24) is 19.5 Å². The number of hydrogen-bond donors (Lipinski definition) is 3. The van der Waals surface area contributed by atoms with Gasteiger partial charge in [0.05, 0.1) is 22.1 Å². The molecule has 4 rings (SSSR count). The first-order valence-electron chi connectivity index (χ1n) is 6.59. The van der Waals surface area contributed by atoms with E-state index in [1.807, 2.05) is 48.0 Å². The number of hydrogen-bond acceptors (Lipinski definition) is 4. The number of nitrogens with one attached hydrogen (secondary N) is 1. The number of H-pyrrole nitrogens is 1. The molecule has 0 aliphatic rings. The summed E-state index contributed by atoms with van der Waals surface area (Å²) in [5, 5.41) is 0. The molecule has 2 aromatic carbocycles. The number of rotatable bonds is 1. The Morgan fingerprint density at radius 1 is 0.952 bits per heavy atom. The Kier molecular flexibility index (Phi) is 2.24. The van der Waals surface area contributed by atoms with E-state index in [0.29, 0.717) is 17.2 Å².